The van der Waals surface area contributed by atoms with E-state index in [4.69, 9.17) is 17.2 Å². The predicted octanol–water partition coefficient (Wildman–Crippen LogP) is -1.77. The second kappa shape index (κ2) is 42.2. The SMILES string of the molecule is CCC(C)C(N)C1=NCC(C(=O)NC(CC(C)C)C(=O)NC(CCC(=O)O)C(=O)NC(C(=O)NC2CCCCNC(=O)C(CC(N)=O)NC(=O)C(CC(=O)O)NC(=O)C(CC3=NCN=C3)NC(=O)C(Cc3ccccc3)NC(=O)C(C(C)CC)NC(=O)C(CCCN)NC2=O)C(C)CC)S1. The highest BCUT2D eigenvalue weighted by atomic mass is 32.2. The zero-order chi connectivity index (χ0) is 74.3. The Morgan fingerprint density at radius 2 is 1.25 bits per heavy atom. The van der Waals surface area contributed by atoms with Crippen LogP contribution in [0.5, 0.6) is 0 Å². The van der Waals surface area contributed by atoms with E-state index in [1.807, 2.05) is 27.7 Å². The van der Waals surface area contributed by atoms with E-state index < -0.39 is 192 Å². The lowest BCUT2D eigenvalue weighted by Gasteiger charge is -2.30. The van der Waals surface area contributed by atoms with Crippen LogP contribution in [0.25, 0.3) is 0 Å². The van der Waals surface area contributed by atoms with E-state index in [1.54, 1.807) is 58.0 Å². The summed E-state index contributed by atoms with van der Waals surface area (Å²) >= 11 is 1.20. The number of aliphatic carboxylic acids is 2. The predicted molar refractivity (Wildman–Crippen MR) is 372 cm³/mol. The van der Waals surface area contributed by atoms with Crippen LogP contribution in [0.2, 0.25) is 0 Å². The average molecular weight is 1420 g/mol. The Bertz CT molecular complexity index is 3140. The van der Waals surface area contributed by atoms with E-state index in [0.29, 0.717) is 10.6 Å². The third-order valence-electron chi connectivity index (χ3n) is 17.5. The standard InChI is InChI=1S/C66H103N17O16S/c1-9-35(6)52(69)66-72-32-48(100-66)63(97)80-43(26-34(4)5)59(93)75-42(22-23-50(85)86)58(92)83-53(36(7)10-2)64(98)76-40-20-15-16-25-71-55(89)46(29-49(68)84)78-62(96)47(30-51(87)88)79-61(95)45(28-39-31-70-33-73-39)77-60(94)44(27-38-18-13-12-14-19-38)81-65(99)54(37(8)11-3)82-57(91)41(21-17-24-67)74-56(40)90/h12-14,18-19,31,34-37,40-48,52-54H,9-11,15-17,20-30,32-33,67,69H2,1-8H3,(H2,68,84)(H,71,89)(H,74,90)(H,75,93)(H,76,98)(H,77,94)(H,78,96)(H,79,95)(H,80,97)(H,81,99)(H,82,91)(H,83,92)(H,85,86)(H,87,88). The normalized spacial score (nSPS) is 23.7. The van der Waals surface area contributed by atoms with E-state index in [9.17, 15) is 77.3 Å². The van der Waals surface area contributed by atoms with Gasteiger partial charge in [-0.1, -0.05) is 117 Å². The third kappa shape index (κ3) is 27.7. The number of nitrogens with zero attached hydrogens (tertiary/aromatic N) is 3. The number of hydrogen-bond acceptors (Lipinski definition) is 20. The van der Waals surface area contributed by atoms with E-state index in [0.717, 1.165) is 6.42 Å². The monoisotopic (exact) mass is 1420 g/mol. The minimum atomic E-state index is -1.94. The van der Waals surface area contributed by atoms with Gasteiger partial charge in [0, 0.05) is 32.0 Å². The first-order valence-electron chi connectivity index (χ1n) is 34.2. The molecule has 0 aliphatic carbocycles. The minimum Gasteiger partial charge on any atom is -0.481 e. The Labute approximate surface area is 586 Å². The first-order chi connectivity index (χ1) is 47.4. The number of nitrogens with one attached hydrogen (secondary N) is 11. The number of benzene rings is 1. The zero-order valence-corrected chi connectivity index (χ0v) is 59.0. The number of thioether (sulfide) groups is 1. The summed E-state index contributed by atoms with van der Waals surface area (Å²) in [6.07, 6.45) is -0.935. The average Bonchev–Trinajstić information content (AvgIpc) is 1.28. The maximum atomic E-state index is 14.9. The van der Waals surface area contributed by atoms with Crippen LogP contribution in [-0.2, 0) is 73.5 Å². The zero-order valence-electron chi connectivity index (χ0n) is 58.2. The van der Waals surface area contributed by atoms with Crippen molar-refractivity contribution >= 4 is 112 Å². The minimum absolute atomic E-state index is 0.00142. The van der Waals surface area contributed by atoms with Gasteiger partial charge in [-0.15, -0.1) is 0 Å². The van der Waals surface area contributed by atoms with Gasteiger partial charge in [-0.3, -0.25) is 82.1 Å². The molecule has 33 nitrogen and oxygen atoms in total. The summed E-state index contributed by atoms with van der Waals surface area (Å²) in [4.78, 5) is 208. The number of carboxylic acid groups (broad SMARTS) is 2. The lowest BCUT2D eigenvalue weighted by molar-refractivity contribution is -0.142. The molecule has 3 aliphatic rings. The highest BCUT2D eigenvalue weighted by Crippen LogP contribution is 2.27. The number of rotatable bonds is 31. The van der Waals surface area contributed by atoms with E-state index in [2.05, 4.69) is 73.5 Å². The number of carboxylic acids is 2. The highest BCUT2D eigenvalue weighted by molar-refractivity contribution is 8.15. The molecule has 0 bridgehead atoms. The van der Waals surface area contributed by atoms with Crippen LogP contribution >= 0.6 is 11.8 Å². The number of carbonyl (C=O) groups is 14. The summed E-state index contributed by atoms with van der Waals surface area (Å²) in [5.74, 6) is -15.6. The molecule has 1 aromatic carbocycles. The summed E-state index contributed by atoms with van der Waals surface area (Å²) in [6.45, 7) is 14.2. The molecular weight excluding hydrogens is 1320 g/mol. The van der Waals surface area contributed by atoms with Crippen LogP contribution in [0, 0.1) is 23.7 Å². The fourth-order valence-corrected chi connectivity index (χ4v) is 12.0. The van der Waals surface area contributed by atoms with Crippen LogP contribution < -0.4 is 75.7 Å². The molecule has 0 aromatic heterocycles. The molecule has 4 rings (SSSR count). The fraction of sp³-hybridized carbons (Fsp3) is 0.652. The van der Waals surface area contributed by atoms with Crippen LogP contribution in [0.4, 0.5) is 0 Å². The number of primary amides is 1. The molecule has 34 heteroatoms. The van der Waals surface area contributed by atoms with Crippen molar-refractivity contribution in [2.45, 2.75) is 223 Å². The summed E-state index contributed by atoms with van der Waals surface area (Å²) < 4.78 is 0. The van der Waals surface area contributed by atoms with Gasteiger partial charge >= 0.3 is 11.9 Å². The van der Waals surface area contributed by atoms with Gasteiger partial charge in [-0.25, -0.2) is 0 Å². The Morgan fingerprint density at radius 1 is 0.650 bits per heavy atom. The number of hydrogen-bond donors (Lipinski definition) is 16. The molecule has 554 valence electrons. The van der Waals surface area contributed by atoms with Crippen LogP contribution in [0.15, 0.2) is 45.3 Å². The van der Waals surface area contributed by atoms with Crippen molar-refractivity contribution in [1.82, 2.24) is 58.5 Å². The smallest absolute Gasteiger partial charge is 0.305 e. The number of nitrogens with two attached hydrogens (primary N) is 3. The molecule has 3 aliphatic heterocycles. The topological polar surface area (TPSA) is 527 Å². The summed E-state index contributed by atoms with van der Waals surface area (Å²) in [5.41, 5.74) is 18.6. The lowest BCUT2D eigenvalue weighted by atomic mass is 9.96. The molecule has 12 amide bonds. The second-order valence-corrected chi connectivity index (χ2v) is 27.2. The molecular formula is C66H103N17O16S. The summed E-state index contributed by atoms with van der Waals surface area (Å²) in [7, 11) is 0. The van der Waals surface area contributed by atoms with Crippen molar-refractivity contribution in [3.8, 4) is 0 Å². The van der Waals surface area contributed by atoms with Gasteiger partial charge in [0.15, 0.2) is 0 Å². The van der Waals surface area contributed by atoms with Crippen LogP contribution in [-0.4, -0.2) is 208 Å². The Balaban J connectivity index is 1.76. The maximum absolute atomic E-state index is 14.9. The molecule has 3 heterocycles. The molecule has 100 heavy (non-hydrogen) atoms. The first-order valence-corrected chi connectivity index (χ1v) is 35.0. The quantitative estimate of drug-likeness (QED) is 0.0391. The highest BCUT2D eigenvalue weighted by Gasteiger charge is 2.40. The largest absolute Gasteiger partial charge is 0.481 e. The first kappa shape index (κ1) is 83.5. The molecule has 1 saturated heterocycles. The van der Waals surface area contributed by atoms with Gasteiger partial charge in [-0.2, -0.15) is 0 Å². The van der Waals surface area contributed by atoms with Crippen LogP contribution in [0.1, 0.15) is 151 Å². The molecule has 19 N–H and O–H groups in total. The Morgan fingerprint density at radius 3 is 1.84 bits per heavy atom. The van der Waals surface area contributed by atoms with Crippen molar-refractivity contribution < 1.29 is 77.3 Å². The number of carbonyl (C=O) groups excluding carboxylic acids is 12. The van der Waals surface area contributed by atoms with E-state index >= 15 is 0 Å². The molecule has 0 spiro atoms. The van der Waals surface area contributed by atoms with Gasteiger partial charge in [0.25, 0.3) is 0 Å². The molecule has 0 saturated carbocycles. The van der Waals surface area contributed by atoms with Crippen molar-refractivity contribution in [3.63, 3.8) is 0 Å². The molecule has 15 unspecified atom stereocenters. The lowest BCUT2D eigenvalue weighted by Crippen LogP contribution is -2.62. The Hall–Kier alpha value is -8.92. The van der Waals surface area contributed by atoms with Crippen molar-refractivity contribution in [3.05, 3.63) is 35.9 Å². The number of amides is 12. The van der Waals surface area contributed by atoms with E-state index in [1.165, 1.54) is 18.0 Å². The van der Waals surface area contributed by atoms with E-state index in [-0.39, 0.29) is 108 Å². The fourth-order valence-electron chi connectivity index (χ4n) is 10.9. The molecule has 1 aromatic rings. The Kier molecular flexibility index (Phi) is 35.3. The summed E-state index contributed by atoms with van der Waals surface area (Å²) in [6, 6.07) is -7.47. The molecule has 0 radical (unpaired) electrons. The van der Waals surface area contributed by atoms with Crippen LogP contribution in [0.3, 0.4) is 0 Å². The number of aliphatic imine (C=N–C) groups is 3. The van der Waals surface area contributed by atoms with Crippen molar-refractivity contribution in [2.24, 2.45) is 55.8 Å². The van der Waals surface area contributed by atoms with Crippen molar-refractivity contribution in [2.75, 3.05) is 26.3 Å². The van der Waals surface area contributed by atoms with Gasteiger partial charge in [0.2, 0.25) is 70.9 Å². The maximum Gasteiger partial charge on any atom is 0.305 e. The second-order valence-electron chi connectivity index (χ2n) is 26.0. The van der Waals surface area contributed by atoms with Gasteiger partial charge < -0.3 is 85.9 Å². The summed E-state index contributed by atoms with van der Waals surface area (Å²) in [5, 5.41) is 48.4. The molecule has 1 fully saturated rings. The van der Waals surface area contributed by atoms with Gasteiger partial charge in [-0.05, 0) is 80.7 Å². The molecule has 15 atom stereocenters. The van der Waals surface area contributed by atoms with Crippen molar-refractivity contribution in [1.29, 1.82) is 0 Å². The van der Waals surface area contributed by atoms with Gasteiger partial charge in [0.1, 0.15) is 72.3 Å². The van der Waals surface area contributed by atoms with Gasteiger partial charge in [0.05, 0.1) is 36.2 Å². The third-order valence-corrected chi connectivity index (χ3v) is 18.8.